The van der Waals surface area contributed by atoms with Gasteiger partial charge in [0.2, 0.25) is 0 Å². The molecular weight excluding hydrogens is 419 g/mol. The minimum atomic E-state index is -0.320. The van der Waals surface area contributed by atoms with Crippen LogP contribution in [0.15, 0.2) is 47.4 Å². The molecule has 2 atom stereocenters. The smallest absolute Gasteiger partial charge is 0.260 e. The van der Waals surface area contributed by atoms with Crippen molar-refractivity contribution < 1.29 is 9.13 Å². The lowest BCUT2D eigenvalue weighted by Crippen LogP contribution is -2.20. The highest BCUT2D eigenvalue weighted by Crippen LogP contribution is 2.39. The Morgan fingerprint density at radius 3 is 2.73 bits per heavy atom. The normalized spacial score (nSPS) is 18.5. The number of nitrogens with one attached hydrogen (secondary N) is 1. The van der Waals surface area contributed by atoms with Gasteiger partial charge in [-0.15, -0.1) is 0 Å². The molecule has 33 heavy (non-hydrogen) atoms. The number of hydrogen-bond donors (Lipinski definition) is 1. The van der Waals surface area contributed by atoms with Crippen LogP contribution < -0.4 is 5.56 Å². The van der Waals surface area contributed by atoms with Crippen LogP contribution in [0.2, 0.25) is 0 Å². The van der Waals surface area contributed by atoms with Gasteiger partial charge >= 0.3 is 0 Å². The minimum absolute atomic E-state index is 0.0483. The van der Waals surface area contributed by atoms with Crippen molar-refractivity contribution in [3.8, 4) is 11.3 Å². The number of rotatable bonds is 3. The number of hydrogen-bond acceptors (Lipinski definition) is 5. The van der Waals surface area contributed by atoms with Crippen molar-refractivity contribution in [2.24, 2.45) is 0 Å². The third-order valence-electron chi connectivity index (χ3n) is 6.27. The van der Waals surface area contributed by atoms with Gasteiger partial charge in [0.15, 0.2) is 0 Å². The molecule has 0 bridgehead atoms. The summed E-state index contributed by atoms with van der Waals surface area (Å²) < 4.78 is 19.9. The van der Waals surface area contributed by atoms with E-state index < -0.39 is 0 Å². The fourth-order valence-corrected chi connectivity index (χ4v) is 4.66. The van der Waals surface area contributed by atoms with Crippen LogP contribution in [0.4, 0.5) is 4.39 Å². The van der Waals surface area contributed by atoms with E-state index in [4.69, 9.17) is 9.72 Å². The lowest BCUT2D eigenvalue weighted by molar-refractivity contribution is 0.00460. The summed E-state index contributed by atoms with van der Waals surface area (Å²) in [6.07, 6.45) is 3.35. The third-order valence-corrected chi connectivity index (χ3v) is 6.27. The van der Waals surface area contributed by atoms with Crippen molar-refractivity contribution in [3.05, 3.63) is 87.1 Å². The molecule has 1 aliphatic heterocycles. The average Bonchev–Trinajstić information content (AvgIpc) is 2.78. The molecule has 0 unspecified atom stereocenters. The molecule has 5 rings (SSSR count). The molecule has 0 aliphatic carbocycles. The summed E-state index contributed by atoms with van der Waals surface area (Å²) in [6.45, 7) is 6.17. The van der Waals surface area contributed by atoms with E-state index in [1.54, 1.807) is 19.2 Å². The largest absolute Gasteiger partial charge is 0.373 e. The van der Waals surface area contributed by atoms with Crippen molar-refractivity contribution in [1.82, 2.24) is 19.9 Å². The number of aromatic amines is 1. The van der Waals surface area contributed by atoms with Crippen molar-refractivity contribution in [3.63, 3.8) is 0 Å². The van der Waals surface area contributed by atoms with Crippen LogP contribution in [0.3, 0.4) is 0 Å². The highest BCUT2D eigenvalue weighted by molar-refractivity contribution is 5.92. The number of aromatic nitrogens is 4. The first kappa shape index (κ1) is 21.4. The predicted molar refractivity (Wildman–Crippen MR) is 125 cm³/mol. The second kappa shape index (κ2) is 8.48. The number of halogens is 1. The fraction of sp³-hybridized carbons (Fsp3) is 0.308. The molecule has 1 aliphatic rings. The number of fused-ring (bicyclic) bond motifs is 1. The van der Waals surface area contributed by atoms with Crippen LogP contribution in [-0.4, -0.2) is 26.5 Å². The number of H-pyrrole nitrogens is 1. The molecular formula is C26H25FN4O2. The summed E-state index contributed by atoms with van der Waals surface area (Å²) in [5, 5.41) is 0.424. The van der Waals surface area contributed by atoms with Gasteiger partial charge in [-0.2, -0.15) is 0 Å². The second-order valence-corrected chi connectivity index (χ2v) is 8.71. The van der Waals surface area contributed by atoms with Crippen LogP contribution in [0.1, 0.15) is 53.2 Å². The lowest BCUT2D eigenvalue weighted by atomic mass is 9.88. The molecule has 4 heterocycles. The summed E-state index contributed by atoms with van der Waals surface area (Å²) in [5.74, 6) is 0.366. The van der Waals surface area contributed by atoms with E-state index in [9.17, 15) is 9.18 Å². The zero-order valence-corrected chi connectivity index (χ0v) is 18.9. The average molecular weight is 445 g/mol. The monoisotopic (exact) mass is 444 g/mol. The molecule has 0 radical (unpaired) electrons. The van der Waals surface area contributed by atoms with Crippen molar-refractivity contribution in [2.45, 2.75) is 45.6 Å². The van der Waals surface area contributed by atoms with Gasteiger partial charge in [0.05, 0.1) is 22.7 Å². The molecule has 0 saturated carbocycles. The van der Waals surface area contributed by atoms with E-state index in [1.165, 1.54) is 12.1 Å². The van der Waals surface area contributed by atoms with Gasteiger partial charge in [0.1, 0.15) is 11.6 Å². The zero-order valence-electron chi connectivity index (χ0n) is 18.9. The number of pyridine rings is 2. The molecule has 7 heteroatoms. The maximum Gasteiger partial charge on any atom is 0.260 e. The van der Waals surface area contributed by atoms with Crippen molar-refractivity contribution in [1.29, 1.82) is 0 Å². The Kier molecular flexibility index (Phi) is 5.50. The Labute approximate surface area is 190 Å². The Hall–Kier alpha value is -3.45. The van der Waals surface area contributed by atoms with Crippen LogP contribution >= 0.6 is 0 Å². The standard InChI is InChI=1S/C26H25FN4O2/c1-14-10-19(27)4-5-20(14)25-24-22(29-16(3)30-26(24)32)13-21(31-25)17-7-9-33-23(12-17)18-6-8-28-15(2)11-18/h4-6,8,10-11,13,17,23H,7,9,12H2,1-3H3,(H,29,30,32)/t17-,23+/m0/s1. The minimum Gasteiger partial charge on any atom is -0.373 e. The number of ether oxygens (including phenoxy) is 1. The second-order valence-electron chi connectivity index (χ2n) is 8.71. The molecule has 6 nitrogen and oxygen atoms in total. The number of nitrogens with zero attached hydrogens (tertiary/aromatic N) is 3. The molecule has 1 aromatic carbocycles. The third kappa shape index (κ3) is 4.16. The quantitative estimate of drug-likeness (QED) is 0.477. The summed E-state index contributed by atoms with van der Waals surface area (Å²) in [7, 11) is 0. The predicted octanol–water partition coefficient (Wildman–Crippen LogP) is 5.08. The first-order valence-electron chi connectivity index (χ1n) is 11.1. The highest BCUT2D eigenvalue weighted by atomic mass is 19.1. The van der Waals surface area contributed by atoms with Crippen LogP contribution in [0.25, 0.3) is 22.2 Å². The van der Waals surface area contributed by atoms with E-state index in [0.29, 0.717) is 29.0 Å². The maximum atomic E-state index is 13.8. The first-order valence-corrected chi connectivity index (χ1v) is 11.1. The van der Waals surface area contributed by atoms with Crippen molar-refractivity contribution in [2.75, 3.05) is 6.61 Å². The Balaban J connectivity index is 1.63. The lowest BCUT2D eigenvalue weighted by Gasteiger charge is -2.30. The SMILES string of the molecule is Cc1cc([C@H]2C[C@@H](c3cc4nc(C)[nH]c(=O)c4c(-c4ccc(F)cc4C)n3)CCO2)ccn1. The first-order chi connectivity index (χ1) is 15.9. The van der Waals surface area contributed by atoms with Gasteiger partial charge in [-0.25, -0.2) is 9.37 Å². The summed E-state index contributed by atoms with van der Waals surface area (Å²) in [5.41, 5.74) is 5.28. The molecule has 4 aromatic rings. The van der Waals surface area contributed by atoms with E-state index in [0.717, 1.165) is 40.9 Å². The van der Waals surface area contributed by atoms with Crippen LogP contribution in [-0.2, 0) is 4.74 Å². The summed E-state index contributed by atoms with van der Waals surface area (Å²) >= 11 is 0. The maximum absolute atomic E-state index is 13.8. The molecule has 3 aromatic heterocycles. The van der Waals surface area contributed by atoms with E-state index in [-0.39, 0.29) is 23.4 Å². The molecule has 1 fully saturated rings. The van der Waals surface area contributed by atoms with Gasteiger partial charge in [-0.05, 0) is 81.1 Å². The summed E-state index contributed by atoms with van der Waals surface area (Å²) in [4.78, 5) is 29.5. The zero-order chi connectivity index (χ0) is 23.1. The van der Waals surface area contributed by atoms with Gasteiger partial charge in [-0.1, -0.05) is 0 Å². The van der Waals surface area contributed by atoms with Crippen molar-refractivity contribution >= 4 is 10.9 Å². The van der Waals surface area contributed by atoms with E-state index >= 15 is 0 Å². The molecule has 1 N–H and O–H groups in total. The fourth-order valence-electron chi connectivity index (χ4n) is 4.66. The Morgan fingerprint density at radius 2 is 1.94 bits per heavy atom. The number of aryl methyl sites for hydroxylation is 3. The van der Waals surface area contributed by atoms with Gasteiger partial charge < -0.3 is 9.72 Å². The highest BCUT2D eigenvalue weighted by Gasteiger charge is 2.28. The molecule has 0 spiro atoms. The van der Waals surface area contributed by atoms with Crippen LogP contribution in [0.5, 0.6) is 0 Å². The molecule has 1 saturated heterocycles. The molecule has 0 amide bonds. The van der Waals surface area contributed by atoms with Gasteiger partial charge in [-0.3, -0.25) is 14.8 Å². The number of benzene rings is 1. The topological polar surface area (TPSA) is 80.8 Å². The van der Waals surface area contributed by atoms with Gasteiger partial charge in [0.25, 0.3) is 5.56 Å². The van der Waals surface area contributed by atoms with E-state index in [1.807, 2.05) is 26.0 Å². The Morgan fingerprint density at radius 1 is 1.09 bits per heavy atom. The summed E-state index contributed by atoms with van der Waals surface area (Å²) in [6, 6.07) is 10.5. The Bertz CT molecular complexity index is 1420. The van der Waals surface area contributed by atoms with E-state index in [2.05, 4.69) is 21.0 Å². The van der Waals surface area contributed by atoms with Gasteiger partial charge in [0, 0.05) is 35.7 Å². The molecule has 168 valence electrons. The van der Waals surface area contributed by atoms with Crippen LogP contribution in [0, 0.1) is 26.6 Å².